The van der Waals surface area contributed by atoms with Gasteiger partial charge in [-0.15, -0.1) is 0 Å². The summed E-state index contributed by atoms with van der Waals surface area (Å²) in [4.78, 5) is 15.0. The second-order valence-corrected chi connectivity index (χ2v) is 7.75. The SMILES string of the molecule is COCCn1ncc(C(=O)N2CCCC2(C)Cc2ccccc2C(F)(F)F)c1C. The van der Waals surface area contributed by atoms with Gasteiger partial charge in [0.15, 0.2) is 0 Å². The van der Waals surface area contributed by atoms with Crippen molar-refractivity contribution in [3.8, 4) is 0 Å². The number of rotatable bonds is 6. The molecule has 1 amide bonds. The molecule has 0 aliphatic carbocycles. The number of halogens is 3. The van der Waals surface area contributed by atoms with E-state index in [4.69, 9.17) is 4.74 Å². The lowest BCUT2D eigenvalue weighted by molar-refractivity contribution is -0.138. The van der Waals surface area contributed by atoms with Crippen LogP contribution in [0.2, 0.25) is 0 Å². The summed E-state index contributed by atoms with van der Waals surface area (Å²) in [5.74, 6) is -0.185. The first-order valence-corrected chi connectivity index (χ1v) is 9.66. The minimum absolute atomic E-state index is 0.158. The lowest BCUT2D eigenvalue weighted by Crippen LogP contribution is -2.47. The van der Waals surface area contributed by atoms with Gasteiger partial charge < -0.3 is 9.64 Å². The topological polar surface area (TPSA) is 47.4 Å². The highest BCUT2D eigenvalue weighted by atomic mass is 19.4. The van der Waals surface area contributed by atoms with Crippen LogP contribution in [0, 0.1) is 6.92 Å². The van der Waals surface area contributed by atoms with Gasteiger partial charge in [-0.2, -0.15) is 18.3 Å². The van der Waals surface area contributed by atoms with E-state index < -0.39 is 17.3 Å². The van der Waals surface area contributed by atoms with Gasteiger partial charge in [0.05, 0.1) is 30.5 Å². The van der Waals surface area contributed by atoms with Crippen molar-refractivity contribution in [1.82, 2.24) is 14.7 Å². The first-order valence-electron chi connectivity index (χ1n) is 9.66. The number of ether oxygens (including phenoxy) is 1. The molecule has 1 fully saturated rings. The molecule has 158 valence electrons. The lowest BCUT2D eigenvalue weighted by Gasteiger charge is -2.36. The zero-order valence-electron chi connectivity index (χ0n) is 16.9. The molecule has 0 bridgehead atoms. The Hall–Kier alpha value is -2.35. The Labute approximate surface area is 168 Å². The van der Waals surface area contributed by atoms with E-state index in [2.05, 4.69) is 5.10 Å². The van der Waals surface area contributed by atoms with Crippen molar-refractivity contribution in [3.63, 3.8) is 0 Å². The summed E-state index contributed by atoms with van der Waals surface area (Å²) >= 11 is 0. The van der Waals surface area contributed by atoms with Crippen molar-refractivity contribution in [2.45, 2.75) is 51.4 Å². The van der Waals surface area contributed by atoms with Gasteiger partial charge in [0.2, 0.25) is 0 Å². The number of aromatic nitrogens is 2. The van der Waals surface area contributed by atoms with E-state index in [1.54, 1.807) is 22.8 Å². The van der Waals surface area contributed by atoms with Crippen LogP contribution >= 0.6 is 0 Å². The molecule has 1 aliphatic rings. The molecule has 3 rings (SSSR count). The first kappa shape index (κ1) is 21.4. The third-order valence-corrected chi connectivity index (χ3v) is 5.73. The van der Waals surface area contributed by atoms with Crippen molar-refractivity contribution in [2.75, 3.05) is 20.3 Å². The van der Waals surface area contributed by atoms with E-state index in [9.17, 15) is 18.0 Å². The highest BCUT2D eigenvalue weighted by Crippen LogP contribution is 2.38. The molecule has 5 nitrogen and oxygen atoms in total. The summed E-state index contributed by atoms with van der Waals surface area (Å²) in [5.41, 5.74) is 0.119. The third-order valence-electron chi connectivity index (χ3n) is 5.73. The molecule has 1 atom stereocenters. The highest BCUT2D eigenvalue weighted by Gasteiger charge is 2.43. The lowest BCUT2D eigenvalue weighted by atomic mass is 9.87. The third kappa shape index (κ3) is 4.32. The molecule has 2 heterocycles. The minimum Gasteiger partial charge on any atom is -0.383 e. The number of likely N-dealkylation sites (tertiary alicyclic amines) is 1. The number of carbonyl (C=O) groups excluding carboxylic acids is 1. The van der Waals surface area contributed by atoms with Crippen LogP contribution in [0.1, 0.15) is 46.9 Å². The Morgan fingerprint density at radius 1 is 1.31 bits per heavy atom. The zero-order valence-corrected chi connectivity index (χ0v) is 16.9. The normalized spacial score (nSPS) is 19.7. The fourth-order valence-corrected chi connectivity index (χ4v) is 4.12. The van der Waals surface area contributed by atoms with E-state index >= 15 is 0 Å². The molecule has 0 N–H and O–H groups in total. The van der Waals surface area contributed by atoms with Crippen molar-refractivity contribution in [1.29, 1.82) is 0 Å². The average molecular weight is 409 g/mol. The van der Waals surface area contributed by atoms with Crippen LogP contribution in [0.3, 0.4) is 0 Å². The smallest absolute Gasteiger partial charge is 0.383 e. The average Bonchev–Trinajstić information content (AvgIpc) is 3.22. The molecular formula is C21H26F3N3O2. The standard InChI is InChI=1S/C21H26F3N3O2/c1-15-17(14-25-27(15)11-12-29-3)19(28)26-10-6-9-20(26,2)13-16-7-4-5-8-18(16)21(22,23)24/h4-5,7-8,14H,6,9-13H2,1-3H3. The van der Waals surface area contributed by atoms with Gasteiger partial charge in [0.1, 0.15) is 0 Å². The molecule has 1 aromatic carbocycles. The number of hydrogen-bond acceptors (Lipinski definition) is 3. The molecule has 0 saturated carbocycles. The van der Waals surface area contributed by atoms with Crippen LogP contribution in [0.4, 0.5) is 13.2 Å². The fourth-order valence-electron chi connectivity index (χ4n) is 4.12. The molecule has 1 unspecified atom stereocenters. The molecule has 8 heteroatoms. The van der Waals surface area contributed by atoms with Gasteiger partial charge in [-0.3, -0.25) is 9.48 Å². The zero-order chi connectivity index (χ0) is 21.2. The summed E-state index contributed by atoms with van der Waals surface area (Å²) in [6.45, 7) is 5.22. The van der Waals surface area contributed by atoms with Crippen LogP contribution < -0.4 is 0 Å². The number of amides is 1. The number of benzene rings is 1. The summed E-state index contributed by atoms with van der Waals surface area (Å²) in [6, 6.07) is 5.61. The molecule has 1 saturated heterocycles. The van der Waals surface area contributed by atoms with E-state index in [-0.39, 0.29) is 17.9 Å². The van der Waals surface area contributed by atoms with Gasteiger partial charge in [-0.05, 0) is 44.7 Å². The molecule has 1 aliphatic heterocycles. The Morgan fingerprint density at radius 3 is 2.72 bits per heavy atom. The minimum atomic E-state index is -4.42. The molecule has 2 aromatic rings. The molecule has 0 spiro atoms. The predicted octanol–water partition coefficient (Wildman–Crippen LogP) is 4.09. The second-order valence-electron chi connectivity index (χ2n) is 7.75. The Balaban J connectivity index is 1.86. The van der Waals surface area contributed by atoms with Crippen molar-refractivity contribution >= 4 is 5.91 Å². The van der Waals surface area contributed by atoms with E-state index in [1.807, 2.05) is 13.8 Å². The Bertz CT molecular complexity index is 878. The van der Waals surface area contributed by atoms with Gasteiger partial charge in [-0.25, -0.2) is 0 Å². The Kier molecular flexibility index (Phi) is 6.03. The molecule has 0 radical (unpaired) electrons. The fraction of sp³-hybridized carbons (Fsp3) is 0.524. The number of nitrogens with zero attached hydrogens (tertiary/aromatic N) is 3. The largest absolute Gasteiger partial charge is 0.416 e. The monoisotopic (exact) mass is 409 g/mol. The van der Waals surface area contributed by atoms with Crippen LogP contribution in [-0.2, 0) is 23.9 Å². The number of methoxy groups -OCH3 is 1. The van der Waals surface area contributed by atoms with Gasteiger partial charge in [0.25, 0.3) is 5.91 Å². The number of carbonyl (C=O) groups is 1. The van der Waals surface area contributed by atoms with Crippen molar-refractivity contribution < 1.29 is 22.7 Å². The summed E-state index contributed by atoms with van der Waals surface area (Å²) in [7, 11) is 1.60. The van der Waals surface area contributed by atoms with Gasteiger partial charge in [0, 0.05) is 24.9 Å². The summed E-state index contributed by atoms with van der Waals surface area (Å²) in [6.07, 6.45) is -1.31. The Morgan fingerprint density at radius 2 is 2.03 bits per heavy atom. The summed E-state index contributed by atoms with van der Waals surface area (Å²) in [5, 5.41) is 4.26. The molecule has 1 aromatic heterocycles. The number of alkyl halides is 3. The number of hydrogen-bond donors (Lipinski definition) is 0. The van der Waals surface area contributed by atoms with Crippen LogP contribution in [0.15, 0.2) is 30.5 Å². The second kappa shape index (κ2) is 8.18. The molecular weight excluding hydrogens is 383 g/mol. The van der Waals surface area contributed by atoms with E-state index in [0.29, 0.717) is 31.7 Å². The maximum absolute atomic E-state index is 13.4. The van der Waals surface area contributed by atoms with E-state index in [1.165, 1.54) is 18.3 Å². The first-order chi connectivity index (χ1) is 13.7. The quantitative estimate of drug-likeness (QED) is 0.722. The van der Waals surface area contributed by atoms with Crippen LogP contribution in [0.25, 0.3) is 0 Å². The van der Waals surface area contributed by atoms with Crippen molar-refractivity contribution in [3.05, 3.63) is 52.8 Å². The summed E-state index contributed by atoms with van der Waals surface area (Å²) < 4.78 is 47.0. The van der Waals surface area contributed by atoms with E-state index in [0.717, 1.165) is 18.2 Å². The van der Waals surface area contributed by atoms with Crippen LogP contribution in [-0.4, -0.2) is 46.4 Å². The molecule has 29 heavy (non-hydrogen) atoms. The predicted molar refractivity (Wildman–Crippen MR) is 103 cm³/mol. The highest BCUT2D eigenvalue weighted by molar-refractivity contribution is 5.95. The van der Waals surface area contributed by atoms with Crippen molar-refractivity contribution in [2.24, 2.45) is 0 Å². The van der Waals surface area contributed by atoms with Gasteiger partial charge >= 0.3 is 6.18 Å². The maximum atomic E-state index is 13.4. The maximum Gasteiger partial charge on any atom is 0.416 e. The van der Waals surface area contributed by atoms with Gasteiger partial charge in [-0.1, -0.05) is 18.2 Å². The van der Waals surface area contributed by atoms with Crippen LogP contribution in [0.5, 0.6) is 0 Å².